The van der Waals surface area contributed by atoms with Crippen molar-refractivity contribution < 1.29 is 13.5 Å². The molecule has 3 rings (SSSR count). The Balaban J connectivity index is 1.70. The second-order valence-corrected chi connectivity index (χ2v) is 7.77. The lowest BCUT2D eigenvalue weighted by Gasteiger charge is -2.27. The van der Waals surface area contributed by atoms with E-state index in [9.17, 15) is 8.78 Å². The monoisotopic (exact) mass is 396 g/mol. The van der Waals surface area contributed by atoms with Crippen LogP contribution in [0.3, 0.4) is 0 Å². The number of allylic oxidation sites excluding steroid dienone is 3. The molecule has 0 amide bonds. The number of hydrogen-bond donors (Lipinski definition) is 0. The lowest BCUT2D eigenvalue weighted by Crippen LogP contribution is -2.13. The summed E-state index contributed by atoms with van der Waals surface area (Å²) in [5, 5.41) is 0. The Hall–Kier alpha value is -2.26. The van der Waals surface area contributed by atoms with Crippen molar-refractivity contribution in [3.05, 3.63) is 83.5 Å². The molecule has 2 aromatic rings. The Kier molecular flexibility index (Phi) is 7.76. The van der Waals surface area contributed by atoms with Crippen molar-refractivity contribution in [3.8, 4) is 11.1 Å². The minimum atomic E-state index is -0.351. The van der Waals surface area contributed by atoms with Crippen LogP contribution in [0.25, 0.3) is 11.1 Å². The van der Waals surface area contributed by atoms with Crippen molar-refractivity contribution >= 4 is 0 Å². The number of rotatable bonds is 7. The lowest BCUT2D eigenvalue weighted by atomic mass is 9.78. The van der Waals surface area contributed by atoms with E-state index in [4.69, 9.17) is 4.74 Å². The number of ether oxygens (including phenoxy) is 1. The van der Waals surface area contributed by atoms with Gasteiger partial charge < -0.3 is 4.74 Å². The molecule has 0 aliphatic heterocycles. The maximum Gasteiger partial charge on any atom is 0.131 e. The van der Waals surface area contributed by atoms with E-state index in [1.54, 1.807) is 6.07 Å². The molecule has 0 radical (unpaired) electrons. The summed E-state index contributed by atoms with van der Waals surface area (Å²) >= 11 is 0. The summed E-state index contributed by atoms with van der Waals surface area (Å²) in [6.45, 7) is 4.83. The Bertz CT molecular complexity index is 861. The Labute approximate surface area is 173 Å². The van der Waals surface area contributed by atoms with Crippen LogP contribution in [0.1, 0.15) is 56.6 Å². The second-order valence-electron chi connectivity index (χ2n) is 7.77. The fraction of sp³-hybridized carbons (Fsp3) is 0.385. The summed E-state index contributed by atoms with van der Waals surface area (Å²) in [6.07, 6.45) is 12.4. The van der Waals surface area contributed by atoms with Gasteiger partial charge in [0.2, 0.25) is 0 Å². The quantitative estimate of drug-likeness (QED) is 0.346. The van der Waals surface area contributed by atoms with E-state index in [1.165, 1.54) is 12.1 Å². The topological polar surface area (TPSA) is 9.23 Å². The maximum atomic E-state index is 14.9. The lowest BCUT2D eigenvalue weighted by molar-refractivity contribution is 0.148. The predicted octanol–water partition coefficient (Wildman–Crippen LogP) is 7.57. The molecule has 29 heavy (non-hydrogen) atoms. The van der Waals surface area contributed by atoms with Gasteiger partial charge in [-0.2, -0.15) is 0 Å². The SMILES string of the molecule is C/C=C\[C@H]1CC[C@H](c2ccc(-c3ccc(COC/C=C/C)cc3F)cc2F)CC1. The standard InChI is InChI=1S/C26H30F2O/c1-3-5-15-29-18-20-9-13-24(25(27)16-20)22-12-14-23(26(28)17-22)21-10-7-19(6-4-2)8-11-21/h3-6,9,12-14,16-17,19,21H,7-8,10-11,15,18H2,1-2H3/b5-3+,6-4-/t19-,21-. The largest absolute Gasteiger partial charge is 0.373 e. The molecule has 1 fully saturated rings. The van der Waals surface area contributed by atoms with Crippen LogP contribution in [0, 0.1) is 17.6 Å². The number of halogens is 2. The van der Waals surface area contributed by atoms with Gasteiger partial charge in [0.05, 0.1) is 13.2 Å². The predicted molar refractivity (Wildman–Crippen MR) is 116 cm³/mol. The molecule has 2 aromatic carbocycles. The third-order valence-corrected chi connectivity index (χ3v) is 5.74. The molecule has 3 heteroatoms. The molecular weight excluding hydrogens is 366 g/mol. The smallest absolute Gasteiger partial charge is 0.131 e. The minimum Gasteiger partial charge on any atom is -0.373 e. The summed E-state index contributed by atoms with van der Waals surface area (Å²) in [5.41, 5.74) is 2.53. The molecule has 0 spiro atoms. The van der Waals surface area contributed by atoms with Gasteiger partial charge in [0.15, 0.2) is 0 Å². The molecule has 1 saturated carbocycles. The van der Waals surface area contributed by atoms with Gasteiger partial charge in [0.25, 0.3) is 0 Å². The fourth-order valence-corrected chi connectivity index (χ4v) is 4.14. The zero-order valence-electron chi connectivity index (χ0n) is 17.3. The summed E-state index contributed by atoms with van der Waals surface area (Å²) in [5.74, 6) is 0.298. The van der Waals surface area contributed by atoms with Gasteiger partial charge in [-0.05, 0) is 80.2 Å². The van der Waals surface area contributed by atoms with E-state index in [-0.39, 0.29) is 17.6 Å². The average molecular weight is 397 g/mol. The molecule has 0 heterocycles. The molecule has 0 atom stereocenters. The highest BCUT2D eigenvalue weighted by Crippen LogP contribution is 2.38. The van der Waals surface area contributed by atoms with Gasteiger partial charge in [-0.25, -0.2) is 8.78 Å². The molecule has 0 unspecified atom stereocenters. The van der Waals surface area contributed by atoms with Gasteiger partial charge in [-0.1, -0.05) is 48.6 Å². The number of benzene rings is 2. The maximum absolute atomic E-state index is 14.9. The molecule has 0 bridgehead atoms. The fourth-order valence-electron chi connectivity index (χ4n) is 4.14. The third kappa shape index (κ3) is 5.63. The minimum absolute atomic E-state index is 0.227. The van der Waals surface area contributed by atoms with E-state index in [1.807, 2.05) is 44.2 Å². The molecule has 1 nitrogen and oxygen atoms in total. The van der Waals surface area contributed by atoms with Crippen LogP contribution in [0.5, 0.6) is 0 Å². The normalized spacial score (nSPS) is 20.0. The van der Waals surface area contributed by atoms with E-state index >= 15 is 0 Å². The van der Waals surface area contributed by atoms with Crippen molar-refractivity contribution in [1.29, 1.82) is 0 Å². The Morgan fingerprint density at radius 3 is 2.38 bits per heavy atom. The summed E-state index contributed by atoms with van der Waals surface area (Å²) in [7, 11) is 0. The summed E-state index contributed by atoms with van der Waals surface area (Å²) < 4.78 is 34.9. The van der Waals surface area contributed by atoms with Crippen LogP contribution in [-0.2, 0) is 11.3 Å². The highest BCUT2D eigenvalue weighted by Gasteiger charge is 2.23. The third-order valence-electron chi connectivity index (χ3n) is 5.74. The van der Waals surface area contributed by atoms with Gasteiger partial charge >= 0.3 is 0 Å². The van der Waals surface area contributed by atoms with Gasteiger partial charge in [-0.3, -0.25) is 0 Å². The van der Waals surface area contributed by atoms with Crippen LogP contribution in [0.2, 0.25) is 0 Å². The summed E-state index contributed by atoms with van der Waals surface area (Å²) in [6, 6.07) is 10.2. The van der Waals surface area contributed by atoms with Crippen molar-refractivity contribution in [1.82, 2.24) is 0 Å². The van der Waals surface area contributed by atoms with E-state index < -0.39 is 0 Å². The molecule has 0 aromatic heterocycles. The molecule has 1 aliphatic rings. The van der Waals surface area contributed by atoms with Crippen LogP contribution < -0.4 is 0 Å². The van der Waals surface area contributed by atoms with Crippen molar-refractivity contribution in [2.24, 2.45) is 5.92 Å². The first-order valence-electron chi connectivity index (χ1n) is 10.5. The van der Waals surface area contributed by atoms with Crippen LogP contribution >= 0.6 is 0 Å². The van der Waals surface area contributed by atoms with Gasteiger partial charge in [0, 0.05) is 5.56 Å². The molecular formula is C26H30F2O. The van der Waals surface area contributed by atoms with Crippen LogP contribution in [0.4, 0.5) is 8.78 Å². The Morgan fingerprint density at radius 1 is 0.931 bits per heavy atom. The van der Waals surface area contributed by atoms with Crippen molar-refractivity contribution in [3.63, 3.8) is 0 Å². The zero-order chi connectivity index (χ0) is 20.6. The second kappa shape index (κ2) is 10.5. The highest BCUT2D eigenvalue weighted by molar-refractivity contribution is 5.65. The first kappa shape index (κ1) is 21.4. The van der Waals surface area contributed by atoms with E-state index in [2.05, 4.69) is 12.2 Å². The van der Waals surface area contributed by atoms with Crippen LogP contribution in [0.15, 0.2) is 60.7 Å². The number of hydrogen-bond acceptors (Lipinski definition) is 1. The van der Waals surface area contributed by atoms with Gasteiger partial charge in [0.1, 0.15) is 11.6 Å². The molecule has 0 saturated heterocycles. The summed E-state index contributed by atoms with van der Waals surface area (Å²) in [4.78, 5) is 0. The van der Waals surface area contributed by atoms with Crippen LogP contribution in [-0.4, -0.2) is 6.61 Å². The molecule has 154 valence electrons. The van der Waals surface area contributed by atoms with Crippen molar-refractivity contribution in [2.75, 3.05) is 6.61 Å². The molecule has 1 aliphatic carbocycles. The van der Waals surface area contributed by atoms with Gasteiger partial charge in [-0.15, -0.1) is 0 Å². The first-order chi connectivity index (χ1) is 14.1. The van der Waals surface area contributed by atoms with E-state index in [0.29, 0.717) is 30.3 Å². The first-order valence-corrected chi connectivity index (χ1v) is 10.5. The zero-order valence-corrected chi connectivity index (χ0v) is 17.3. The Morgan fingerprint density at radius 2 is 1.72 bits per heavy atom. The van der Waals surface area contributed by atoms with Crippen molar-refractivity contribution in [2.45, 2.75) is 52.1 Å². The van der Waals surface area contributed by atoms with E-state index in [0.717, 1.165) is 36.8 Å². The molecule has 0 N–H and O–H groups in total. The highest BCUT2D eigenvalue weighted by atomic mass is 19.1. The average Bonchev–Trinajstić information content (AvgIpc) is 2.72.